The summed E-state index contributed by atoms with van der Waals surface area (Å²) in [5, 5.41) is 5.74. The fourth-order valence-electron chi connectivity index (χ4n) is 2.43. The largest absolute Gasteiger partial charge is 0.340 e. The Morgan fingerprint density at radius 1 is 1.23 bits per heavy atom. The number of carbonyl (C=O) groups excluding carboxylic acids is 2. The van der Waals surface area contributed by atoms with E-state index in [1.165, 1.54) is 10.0 Å². The first-order valence-corrected chi connectivity index (χ1v) is 7.75. The fourth-order valence-corrected chi connectivity index (χ4v) is 2.43. The lowest BCUT2D eigenvalue weighted by Crippen LogP contribution is -2.53. The Labute approximate surface area is 131 Å². The number of nitrogens with two attached hydrogens (primary N) is 1. The van der Waals surface area contributed by atoms with Crippen LogP contribution in [0.4, 0.5) is 10.5 Å². The van der Waals surface area contributed by atoms with Gasteiger partial charge in [0.2, 0.25) is 0 Å². The highest BCUT2D eigenvalue weighted by atomic mass is 16.2. The molecule has 6 heteroatoms. The third-order valence-electron chi connectivity index (χ3n) is 4.09. The molecule has 6 nitrogen and oxygen atoms in total. The molecule has 0 bridgehead atoms. The molecule has 1 aromatic carbocycles. The van der Waals surface area contributed by atoms with E-state index in [1.54, 1.807) is 0 Å². The van der Waals surface area contributed by atoms with E-state index >= 15 is 0 Å². The van der Waals surface area contributed by atoms with Gasteiger partial charge < -0.3 is 11.1 Å². The summed E-state index contributed by atoms with van der Waals surface area (Å²) in [6, 6.07) is 8.33. The molecule has 3 N–H and O–H groups in total. The Kier molecular flexibility index (Phi) is 5.38. The van der Waals surface area contributed by atoms with Gasteiger partial charge in [-0.15, -0.1) is 0 Å². The number of nitrogens with zero attached hydrogens (tertiary/aromatic N) is 2. The van der Waals surface area contributed by atoms with E-state index in [2.05, 4.69) is 5.32 Å². The van der Waals surface area contributed by atoms with Crippen molar-refractivity contribution in [1.82, 2.24) is 10.0 Å². The van der Waals surface area contributed by atoms with Crippen LogP contribution < -0.4 is 11.1 Å². The topological polar surface area (TPSA) is 78.7 Å². The molecule has 2 atom stereocenters. The van der Waals surface area contributed by atoms with Crippen molar-refractivity contribution in [1.29, 1.82) is 0 Å². The Hall–Kier alpha value is -2.08. The van der Waals surface area contributed by atoms with E-state index < -0.39 is 6.04 Å². The first-order chi connectivity index (χ1) is 10.5. The van der Waals surface area contributed by atoms with Crippen LogP contribution in [0.5, 0.6) is 0 Å². The average molecular weight is 304 g/mol. The fraction of sp³-hybridized carbons (Fsp3) is 0.500. The van der Waals surface area contributed by atoms with Gasteiger partial charge in [0.05, 0.1) is 6.04 Å². The van der Waals surface area contributed by atoms with Crippen molar-refractivity contribution in [3.8, 4) is 0 Å². The average Bonchev–Trinajstić information content (AvgIpc) is 3.03. The molecule has 1 fully saturated rings. The number of hydrogen-bond donors (Lipinski definition) is 2. The molecule has 0 aliphatic carbocycles. The predicted molar refractivity (Wildman–Crippen MR) is 85.9 cm³/mol. The molecule has 22 heavy (non-hydrogen) atoms. The van der Waals surface area contributed by atoms with E-state index in [-0.39, 0.29) is 17.9 Å². The minimum Gasteiger partial charge on any atom is -0.320 e. The zero-order chi connectivity index (χ0) is 16.1. The van der Waals surface area contributed by atoms with Crippen LogP contribution in [0.2, 0.25) is 0 Å². The summed E-state index contributed by atoms with van der Waals surface area (Å²) in [5.74, 6) is -0.0952. The van der Waals surface area contributed by atoms with E-state index in [0.29, 0.717) is 18.8 Å². The number of anilines is 1. The Morgan fingerprint density at radius 3 is 2.50 bits per heavy atom. The molecule has 1 aliphatic heterocycles. The maximum Gasteiger partial charge on any atom is 0.340 e. The monoisotopic (exact) mass is 304 g/mol. The Balaban J connectivity index is 2.03. The van der Waals surface area contributed by atoms with Crippen LogP contribution in [0.15, 0.2) is 30.3 Å². The molecule has 1 unspecified atom stereocenters. The summed E-state index contributed by atoms with van der Waals surface area (Å²) in [5.41, 5.74) is 6.72. The summed E-state index contributed by atoms with van der Waals surface area (Å²) < 4.78 is 0. The summed E-state index contributed by atoms with van der Waals surface area (Å²) in [7, 11) is 0. The van der Waals surface area contributed by atoms with Gasteiger partial charge in [-0.1, -0.05) is 38.5 Å². The second-order valence-electron chi connectivity index (χ2n) is 5.65. The molecule has 120 valence electrons. The quantitative estimate of drug-likeness (QED) is 0.893. The molecule has 0 saturated carbocycles. The molecule has 1 saturated heterocycles. The molecule has 0 spiro atoms. The number of amides is 3. The van der Waals surface area contributed by atoms with Crippen LogP contribution in [0, 0.1) is 5.92 Å². The second-order valence-corrected chi connectivity index (χ2v) is 5.65. The Bertz CT molecular complexity index is 520. The predicted octanol–water partition coefficient (Wildman–Crippen LogP) is 2.04. The minimum absolute atomic E-state index is 0.0899. The molecule has 1 aliphatic rings. The van der Waals surface area contributed by atoms with Gasteiger partial charge in [-0.05, 0) is 24.5 Å². The smallest absolute Gasteiger partial charge is 0.320 e. The highest BCUT2D eigenvalue weighted by molar-refractivity contribution is 5.92. The van der Waals surface area contributed by atoms with Gasteiger partial charge in [0.1, 0.15) is 0 Å². The van der Waals surface area contributed by atoms with Crippen LogP contribution in [0.3, 0.4) is 0 Å². The zero-order valence-corrected chi connectivity index (χ0v) is 13.2. The van der Waals surface area contributed by atoms with Gasteiger partial charge in [-0.25, -0.2) is 14.8 Å². The molecule has 3 amide bonds. The maximum atomic E-state index is 12.5. The molecular formula is C16H24N4O2. The number of hydrazine groups is 1. The van der Waals surface area contributed by atoms with E-state index in [0.717, 1.165) is 12.8 Å². The number of rotatable bonds is 4. The molecule has 0 radical (unpaired) electrons. The number of carbonyl (C=O) groups is 2. The van der Waals surface area contributed by atoms with Crippen LogP contribution in [-0.4, -0.2) is 41.1 Å². The standard InChI is InChI=1S/C16H24N4O2/c1-3-12(2)14(17)15(21)19-10-7-11-20(19)16(22)18-13-8-5-4-6-9-13/h4-6,8-9,12,14H,3,7,10-11,17H2,1-2H3,(H,18,22)/t12?,14-/m0/s1. The van der Waals surface area contributed by atoms with Crippen LogP contribution in [0.25, 0.3) is 0 Å². The van der Waals surface area contributed by atoms with Gasteiger partial charge in [-0.3, -0.25) is 4.79 Å². The summed E-state index contributed by atoms with van der Waals surface area (Å²) >= 11 is 0. The molecule has 0 aromatic heterocycles. The van der Waals surface area contributed by atoms with Crippen molar-refractivity contribution < 1.29 is 9.59 Å². The van der Waals surface area contributed by atoms with Crippen LogP contribution in [0.1, 0.15) is 26.7 Å². The van der Waals surface area contributed by atoms with Crippen molar-refractivity contribution >= 4 is 17.6 Å². The van der Waals surface area contributed by atoms with Gasteiger partial charge >= 0.3 is 6.03 Å². The van der Waals surface area contributed by atoms with Gasteiger partial charge in [0, 0.05) is 18.8 Å². The molecule has 1 heterocycles. The van der Waals surface area contributed by atoms with Gasteiger partial charge in [0.25, 0.3) is 5.91 Å². The highest BCUT2D eigenvalue weighted by Crippen LogP contribution is 2.17. The summed E-state index contributed by atoms with van der Waals surface area (Å²) in [6.45, 7) is 5.01. The SMILES string of the molecule is CCC(C)[C@H](N)C(=O)N1CCCN1C(=O)Nc1ccccc1. The van der Waals surface area contributed by atoms with Crippen LogP contribution >= 0.6 is 0 Å². The van der Waals surface area contributed by atoms with Crippen molar-refractivity contribution in [2.24, 2.45) is 11.7 Å². The van der Waals surface area contributed by atoms with Crippen molar-refractivity contribution in [2.45, 2.75) is 32.7 Å². The van der Waals surface area contributed by atoms with Crippen molar-refractivity contribution in [2.75, 3.05) is 18.4 Å². The first kappa shape index (κ1) is 16.3. The van der Waals surface area contributed by atoms with Gasteiger partial charge in [0.15, 0.2) is 0 Å². The normalized spacial score (nSPS) is 17.2. The molecular weight excluding hydrogens is 280 g/mol. The van der Waals surface area contributed by atoms with Crippen LogP contribution in [-0.2, 0) is 4.79 Å². The second kappa shape index (κ2) is 7.26. The maximum absolute atomic E-state index is 12.5. The lowest BCUT2D eigenvalue weighted by molar-refractivity contribution is -0.142. The van der Waals surface area contributed by atoms with Crippen molar-refractivity contribution in [3.05, 3.63) is 30.3 Å². The van der Waals surface area contributed by atoms with E-state index in [1.807, 2.05) is 44.2 Å². The number of benzene rings is 1. The van der Waals surface area contributed by atoms with E-state index in [9.17, 15) is 9.59 Å². The number of nitrogens with one attached hydrogen (secondary N) is 1. The number of para-hydroxylation sites is 1. The Morgan fingerprint density at radius 2 is 1.86 bits per heavy atom. The lowest BCUT2D eigenvalue weighted by Gasteiger charge is -2.31. The van der Waals surface area contributed by atoms with E-state index in [4.69, 9.17) is 5.73 Å². The highest BCUT2D eigenvalue weighted by Gasteiger charge is 2.34. The third-order valence-corrected chi connectivity index (χ3v) is 4.09. The summed E-state index contributed by atoms with van der Waals surface area (Å²) in [6.07, 6.45) is 1.60. The number of urea groups is 1. The lowest BCUT2D eigenvalue weighted by atomic mass is 9.99. The zero-order valence-electron chi connectivity index (χ0n) is 13.2. The van der Waals surface area contributed by atoms with Crippen molar-refractivity contribution in [3.63, 3.8) is 0 Å². The molecule has 1 aromatic rings. The third kappa shape index (κ3) is 3.57. The first-order valence-electron chi connectivity index (χ1n) is 7.75. The summed E-state index contributed by atoms with van der Waals surface area (Å²) in [4.78, 5) is 24.9. The minimum atomic E-state index is -0.574. The molecule has 2 rings (SSSR count). The number of hydrogen-bond acceptors (Lipinski definition) is 3. The van der Waals surface area contributed by atoms with Gasteiger partial charge in [-0.2, -0.15) is 0 Å².